The Hall–Kier alpha value is 0.170. The molecule has 0 fully saturated rings. The summed E-state index contributed by atoms with van der Waals surface area (Å²) in [5.74, 6) is -0.324. The summed E-state index contributed by atoms with van der Waals surface area (Å²) < 4.78 is 4.18. The van der Waals surface area contributed by atoms with Gasteiger partial charge in [0.05, 0.1) is 0 Å². The number of thiol groups is 1. The van der Waals surface area contributed by atoms with Crippen LogP contribution in [0.5, 0.6) is 0 Å². The molecule has 4 heteroatoms. The summed E-state index contributed by atoms with van der Waals surface area (Å²) in [6, 6.07) is 0. The van der Waals surface area contributed by atoms with Crippen molar-refractivity contribution in [3.8, 4) is 0 Å². The van der Waals surface area contributed by atoms with Crippen LogP contribution < -0.4 is 0 Å². The van der Waals surface area contributed by atoms with Crippen molar-refractivity contribution < 1.29 is 8.98 Å². The molecule has 0 aliphatic carbocycles. The first-order chi connectivity index (χ1) is 2.77. The van der Waals surface area contributed by atoms with Gasteiger partial charge in [0.1, 0.15) is 11.1 Å². The molecule has 0 saturated heterocycles. The zero-order valence-electron chi connectivity index (χ0n) is 3.17. The Morgan fingerprint density at radius 1 is 2.00 bits per heavy atom. The van der Waals surface area contributed by atoms with E-state index in [9.17, 15) is 4.79 Å². The summed E-state index contributed by atoms with van der Waals surface area (Å²) in [5.41, 5.74) is 0. The Morgan fingerprint density at radius 2 is 2.50 bits per heavy atom. The van der Waals surface area contributed by atoms with Crippen molar-refractivity contribution in [3.63, 3.8) is 0 Å². The molecule has 0 saturated carbocycles. The second-order valence-corrected chi connectivity index (χ2v) is 1.41. The van der Waals surface area contributed by atoms with Crippen LogP contribution in [0.3, 0.4) is 0 Å². The van der Waals surface area contributed by atoms with Gasteiger partial charge in [-0.05, 0) is 0 Å². The summed E-state index contributed by atoms with van der Waals surface area (Å²) in [5, 5.41) is 0. The maximum Gasteiger partial charge on any atom is 0.315 e. The Kier molecular flexibility index (Phi) is 3.46. The lowest BCUT2D eigenvalue weighted by Crippen LogP contribution is -1.84. The van der Waals surface area contributed by atoms with Gasteiger partial charge in [-0.3, -0.25) is 4.79 Å². The molecule has 0 amide bonds. The fourth-order valence-corrected chi connectivity index (χ4v) is 0.472. The highest BCUT2D eigenvalue weighted by Crippen LogP contribution is 2.05. The predicted molar refractivity (Wildman–Crippen MR) is 28.3 cm³/mol. The molecule has 0 radical (unpaired) electrons. The second kappa shape index (κ2) is 3.36. The molecular formula is C2H4O2S2. The van der Waals surface area contributed by atoms with E-state index >= 15 is 0 Å². The summed E-state index contributed by atoms with van der Waals surface area (Å²) in [7, 11) is 0. The molecule has 0 bridgehead atoms. The molecule has 36 valence electrons. The van der Waals surface area contributed by atoms with Crippen molar-refractivity contribution in [1.82, 2.24) is 0 Å². The number of hydrogen-bond donors (Lipinski definition) is 1. The van der Waals surface area contributed by atoms with Crippen molar-refractivity contribution in [2.45, 2.75) is 6.92 Å². The first-order valence-electron chi connectivity index (χ1n) is 1.26. The summed E-state index contributed by atoms with van der Waals surface area (Å²) >= 11 is 4.29. The molecule has 0 aromatic heterocycles. The Morgan fingerprint density at radius 3 is 2.50 bits per heavy atom. The number of carbonyl (C=O) groups is 1. The van der Waals surface area contributed by atoms with Crippen LogP contribution in [0.4, 0.5) is 0 Å². The molecule has 0 aliphatic rings. The minimum Gasteiger partial charge on any atom is -0.380 e. The molecular weight excluding hydrogens is 120 g/mol. The van der Waals surface area contributed by atoms with Gasteiger partial charge >= 0.3 is 5.97 Å². The zero-order chi connectivity index (χ0) is 4.99. The molecule has 0 heterocycles. The van der Waals surface area contributed by atoms with Crippen LogP contribution in [0.25, 0.3) is 0 Å². The van der Waals surface area contributed by atoms with Crippen molar-refractivity contribution in [2.24, 2.45) is 0 Å². The lowest BCUT2D eigenvalue weighted by molar-refractivity contribution is -0.130. The first-order valence-corrected chi connectivity index (χ1v) is 3.05. The van der Waals surface area contributed by atoms with Crippen LogP contribution in [0.2, 0.25) is 0 Å². The van der Waals surface area contributed by atoms with E-state index in [4.69, 9.17) is 0 Å². The highest BCUT2D eigenvalue weighted by molar-refractivity contribution is 8.66. The standard InChI is InChI=1S/C2H4O2S2/c1-2(3)4-6-5/h5H,1H3. The average molecular weight is 124 g/mol. The summed E-state index contributed by atoms with van der Waals surface area (Å²) in [4.78, 5) is 9.75. The third kappa shape index (κ3) is 4.17. The first kappa shape index (κ1) is 6.17. The van der Waals surface area contributed by atoms with Gasteiger partial charge in [0, 0.05) is 6.92 Å². The van der Waals surface area contributed by atoms with Crippen LogP contribution in [0.1, 0.15) is 6.92 Å². The minimum absolute atomic E-state index is 0.324. The fourth-order valence-electron chi connectivity index (χ4n) is 0.0525. The van der Waals surface area contributed by atoms with Crippen LogP contribution in [-0.4, -0.2) is 5.97 Å². The van der Waals surface area contributed by atoms with Crippen LogP contribution in [0.15, 0.2) is 0 Å². The smallest absolute Gasteiger partial charge is 0.315 e. The van der Waals surface area contributed by atoms with Gasteiger partial charge in [0.2, 0.25) is 0 Å². The van der Waals surface area contributed by atoms with Gasteiger partial charge in [-0.25, -0.2) is 0 Å². The molecule has 0 aliphatic heterocycles. The van der Waals surface area contributed by atoms with E-state index in [2.05, 4.69) is 15.8 Å². The van der Waals surface area contributed by atoms with E-state index in [0.717, 1.165) is 11.1 Å². The fraction of sp³-hybridized carbons (Fsp3) is 0.500. The van der Waals surface area contributed by atoms with Gasteiger partial charge in [-0.2, -0.15) is 0 Å². The molecule has 0 unspecified atom stereocenters. The Balaban J connectivity index is 2.83. The van der Waals surface area contributed by atoms with Crippen molar-refractivity contribution in [2.75, 3.05) is 0 Å². The monoisotopic (exact) mass is 124 g/mol. The largest absolute Gasteiger partial charge is 0.380 e. The van der Waals surface area contributed by atoms with E-state index in [1.54, 1.807) is 0 Å². The van der Waals surface area contributed by atoms with E-state index in [1.165, 1.54) is 6.92 Å². The summed E-state index contributed by atoms with van der Waals surface area (Å²) in [6.45, 7) is 1.32. The number of carbonyl (C=O) groups excluding carboxylic acids is 1. The number of rotatable bonds is 1. The van der Waals surface area contributed by atoms with Gasteiger partial charge < -0.3 is 4.18 Å². The Bertz CT molecular complexity index is 53.5. The van der Waals surface area contributed by atoms with Crippen LogP contribution in [0, 0.1) is 0 Å². The van der Waals surface area contributed by atoms with Crippen molar-refractivity contribution in [3.05, 3.63) is 0 Å². The molecule has 6 heavy (non-hydrogen) atoms. The minimum atomic E-state index is -0.324. The quantitative estimate of drug-likeness (QED) is 0.321. The van der Waals surface area contributed by atoms with Crippen molar-refractivity contribution in [1.29, 1.82) is 0 Å². The van der Waals surface area contributed by atoms with E-state index in [-0.39, 0.29) is 5.97 Å². The second-order valence-electron chi connectivity index (χ2n) is 0.649. The molecule has 0 aromatic carbocycles. The molecule has 2 nitrogen and oxygen atoms in total. The normalized spacial score (nSPS) is 7.67. The lowest BCUT2D eigenvalue weighted by Gasteiger charge is -1.85. The average Bonchev–Trinajstić information content (AvgIpc) is 1.35. The van der Waals surface area contributed by atoms with E-state index in [1.807, 2.05) is 0 Å². The van der Waals surface area contributed by atoms with E-state index < -0.39 is 0 Å². The maximum atomic E-state index is 9.75. The zero-order valence-corrected chi connectivity index (χ0v) is 4.88. The molecule has 0 aromatic rings. The molecule has 0 rings (SSSR count). The van der Waals surface area contributed by atoms with Crippen LogP contribution >= 0.6 is 22.7 Å². The van der Waals surface area contributed by atoms with Gasteiger partial charge in [0.25, 0.3) is 0 Å². The van der Waals surface area contributed by atoms with Crippen molar-refractivity contribution >= 4 is 28.7 Å². The third-order valence-electron chi connectivity index (χ3n) is 0.155. The highest BCUT2D eigenvalue weighted by atomic mass is 33.1. The number of hydrogen-bond acceptors (Lipinski definition) is 4. The molecule has 0 spiro atoms. The maximum absolute atomic E-state index is 9.75. The third-order valence-corrected chi connectivity index (χ3v) is 0.687. The SMILES string of the molecule is CC(=O)OSS. The summed E-state index contributed by atoms with van der Waals surface area (Å²) in [6.07, 6.45) is 0. The van der Waals surface area contributed by atoms with Gasteiger partial charge in [0.15, 0.2) is 0 Å². The molecule has 0 atom stereocenters. The predicted octanol–water partition coefficient (Wildman–Crippen LogP) is 1.04. The van der Waals surface area contributed by atoms with Crippen LogP contribution in [-0.2, 0) is 8.98 Å². The van der Waals surface area contributed by atoms with Gasteiger partial charge in [-0.15, -0.1) is 0 Å². The van der Waals surface area contributed by atoms with E-state index in [0.29, 0.717) is 0 Å². The molecule has 0 N–H and O–H groups in total. The Labute approximate surface area is 45.3 Å². The highest BCUT2D eigenvalue weighted by Gasteiger charge is 1.84. The lowest BCUT2D eigenvalue weighted by atomic mass is 10.9. The topological polar surface area (TPSA) is 26.3 Å². The van der Waals surface area contributed by atoms with Gasteiger partial charge in [-0.1, -0.05) is 11.7 Å².